The molecule has 8 heteroatoms. The molecule has 0 bridgehead atoms. The lowest BCUT2D eigenvalue weighted by Gasteiger charge is -2.38. The van der Waals surface area contributed by atoms with Gasteiger partial charge in [-0.25, -0.2) is 4.79 Å². The third-order valence-electron chi connectivity index (χ3n) is 5.68. The zero-order chi connectivity index (χ0) is 22.8. The van der Waals surface area contributed by atoms with Crippen LogP contribution in [0, 0.1) is 0 Å². The molecule has 166 valence electrons. The number of anilines is 1. The number of thiocarbonyl (C=S) groups is 1. The van der Waals surface area contributed by atoms with Gasteiger partial charge in [0.2, 0.25) is 0 Å². The molecule has 2 aromatic carbocycles. The minimum atomic E-state index is -0.449. The zero-order valence-corrected chi connectivity index (χ0v) is 19.0. The number of nitrogens with zero attached hydrogens (tertiary/aromatic N) is 1. The molecule has 1 amide bonds. The summed E-state index contributed by atoms with van der Waals surface area (Å²) in [5.74, 6) is 0.0238. The highest BCUT2D eigenvalue weighted by Crippen LogP contribution is 2.38. The Morgan fingerprint density at radius 3 is 2.47 bits per heavy atom. The van der Waals surface area contributed by atoms with Crippen LogP contribution < -0.4 is 15.4 Å². The lowest BCUT2D eigenvalue weighted by molar-refractivity contribution is -0.113. The monoisotopic (exact) mass is 451 g/mol. The first-order valence-electron chi connectivity index (χ1n) is 10.4. The van der Waals surface area contributed by atoms with E-state index in [1.54, 1.807) is 25.3 Å². The minimum Gasteiger partial charge on any atom is -0.497 e. The zero-order valence-electron chi connectivity index (χ0n) is 18.2. The molecule has 2 N–H and O–H groups in total. The summed E-state index contributed by atoms with van der Waals surface area (Å²) in [5.41, 5.74) is 3.32. The predicted octanol–water partition coefficient (Wildman–Crippen LogP) is 3.79. The number of carbonyl (C=O) groups is 2. The van der Waals surface area contributed by atoms with Gasteiger partial charge in [0.15, 0.2) is 5.11 Å². The molecule has 1 saturated carbocycles. The Morgan fingerprint density at radius 2 is 1.84 bits per heavy atom. The number of carbonyl (C=O) groups excluding carboxylic acids is 2. The van der Waals surface area contributed by atoms with Gasteiger partial charge in [-0.05, 0) is 61.8 Å². The van der Waals surface area contributed by atoms with E-state index in [0.29, 0.717) is 33.7 Å². The third-order valence-corrected chi connectivity index (χ3v) is 5.99. The average Bonchev–Trinajstić information content (AvgIpc) is 3.63. The molecule has 0 aromatic heterocycles. The second kappa shape index (κ2) is 9.00. The number of hydrogen-bond acceptors (Lipinski definition) is 5. The number of methoxy groups -OCH3 is 2. The Balaban J connectivity index is 1.70. The van der Waals surface area contributed by atoms with Gasteiger partial charge < -0.3 is 25.0 Å². The Hall–Kier alpha value is -3.39. The van der Waals surface area contributed by atoms with E-state index in [2.05, 4.69) is 10.6 Å². The van der Waals surface area contributed by atoms with Crippen LogP contribution in [0.3, 0.4) is 0 Å². The second-order valence-corrected chi connectivity index (χ2v) is 8.17. The molecule has 1 fully saturated rings. The van der Waals surface area contributed by atoms with Crippen molar-refractivity contribution >= 4 is 34.9 Å². The normalized spacial score (nSPS) is 18.2. The fraction of sp³-hybridized carbons (Fsp3) is 0.292. The number of esters is 1. The van der Waals surface area contributed by atoms with E-state index < -0.39 is 12.0 Å². The van der Waals surface area contributed by atoms with E-state index >= 15 is 0 Å². The summed E-state index contributed by atoms with van der Waals surface area (Å²) in [7, 11) is 2.93. The van der Waals surface area contributed by atoms with Crippen molar-refractivity contribution in [1.29, 1.82) is 0 Å². The molecule has 0 spiro atoms. The number of allylic oxidation sites excluding steroid dienone is 1. The lowest BCUT2D eigenvalue weighted by atomic mass is 9.93. The molecule has 1 unspecified atom stereocenters. The average molecular weight is 452 g/mol. The fourth-order valence-corrected chi connectivity index (χ4v) is 4.31. The van der Waals surface area contributed by atoms with E-state index in [4.69, 9.17) is 21.7 Å². The maximum absolute atomic E-state index is 13.5. The highest BCUT2D eigenvalue weighted by Gasteiger charge is 2.40. The standard InChI is InChI=1S/C24H25N3O4S/c1-14-20(22(28)25-17-5-4-6-19(13-17)30-2)21(26-24(32)27(14)18-11-12-18)15-7-9-16(10-8-15)23(29)31-3/h4-10,13,18,21H,11-12H2,1-3H3,(H,25,28)(H,26,32). The molecule has 32 heavy (non-hydrogen) atoms. The number of benzene rings is 2. The van der Waals surface area contributed by atoms with Crippen LogP contribution in [0.15, 0.2) is 59.8 Å². The molecular weight excluding hydrogens is 426 g/mol. The molecule has 1 aliphatic carbocycles. The molecular formula is C24H25N3O4S. The highest BCUT2D eigenvalue weighted by molar-refractivity contribution is 7.80. The first kappa shape index (κ1) is 21.8. The van der Waals surface area contributed by atoms with Crippen molar-refractivity contribution in [3.05, 3.63) is 70.9 Å². The summed E-state index contributed by atoms with van der Waals surface area (Å²) in [6, 6.07) is 14.1. The van der Waals surface area contributed by atoms with Crippen LogP contribution in [-0.4, -0.2) is 42.2 Å². The maximum Gasteiger partial charge on any atom is 0.337 e. The topological polar surface area (TPSA) is 79.9 Å². The van der Waals surface area contributed by atoms with E-state index in [1.807, 2.05) is 42.2 Å². The first-order valence-corrected chi connectivity index (χ1v) is 10.8. The van der Waals surface area contributed by atoms with Gasteiger partial charge in [-0.15, -0.1) is 0 Å². The molecule has 1 aliphatic heterocycles. The van der Waals surface area contributed by atoms with Crippen LogP contribution in [0.2, 0.25) is 0 Å². The van der Waals surface area contributed by atoms with Crippen LogP contribution in [0.5, 0.6) is 5.75 Å². The van der Waals surface area contributed by atoms with Crippen molar-refractivity contribution in [2.75, 3.05) is 19.5 Å². The SMILES string of the molecule is COC(=O)c1ccc(C2NC(=S)N(C3CC3)C(C)=C2C(=O)Nc2cccc(OC)c2)cc1. The molecule has 1 atom stereocenters. The Morgan fingerprint density at radius 1 is 1.12 bits per heavy atom. The number of amides is 1. The lowest BCUT2D eigenvalue weighted by Crippen LogP contribution is -2.49. The highest BCUT2D eigenvalue weighted by atomic mass is 32.1. The molecule has 0 saturated heterocycles. The summed E-state index contributed by atoms with van der Waals surface area (Å²) in [6.45, 7) is 1.93. The molecule has 0 radical (unpaired) electrons. The molecule has 4 rings (SSSR count). The first-order chi connectivity index (χ1) is 15.4. The van der Waals surface area contributed by atoms with Crippen molar-refractivity contribution in [1.82, 2.24) is 10.2 Å². The number of nitrogens with one attached hydrogen (secondary N) is 2. The van der Waals surface area contributed by atoms with Gasteiger partial charge in [-0.1, -0.05) is 18.2 Å². The van der Waals surface area contributed by atoms with Crippen molar-refractivity contribution in [3.8, 4) is 5.75 Å². The van der Waals surface area contributed by atoms with Crippen molar-refractivity contribution in [3.63, 3.8) is 0 Å². The van der Waals surface area contributed by atoms with E-state index in [0.717, 1.165) is 24.1 Å². The quantitative estimate of drug-likeness (QED) is 0.511. The second-order valence-electron chi connectivity index (χ2n) is 7.78. The van der Waals surface area contributed by atoms with E-state index in [9.17, 15) is 9.59 Å². The van der Waals surface area contributed by atoms with E-state index in [-0.39, 0.29) is 5.91 Å². The number of rotatable bonds is 6. The van der Waals surface area contributed by atoms with Gasteiger partial charge in [0.05, 0.1) is 31.4 Å². The van der Waals surface area contributed by atoms with E-state index in [1.165, 1.54) is 7.11 Å². The summed E-state index contributed by atoms with van der Waals surface area (Å²) in [5, 5.41) is 6.93. The van der Waals surface area contributed by atoms with Gasteiger partial charge in [0.1, 0.15) is 5.75 Å². The smallest absolute Gasteiger partial charge is 0.337 e. The van der Waals surface area contributed by atoms with Crippen molar-refractivity contribution in [2.45, 2.75) is 31.8 Å². The Kier molecular flexibility index (Phi) is 6.14. The minimum absolute atomic E-state index is 0.224. The van der Waals surface area contributed by atoms with Crippen LogP contribution >= 0.6 is 12.2 Å². The molecule has 2 aromatic rings. The number of ether oxygens (including phenoxy) is 2. The van der Waals surface area contributed by atoms with Crippen molar-refractivity contribution in [2.24, 2.45) is 0 Å². The number of hydrogen-bond donors (Lipinski definition) is 2. The van der Waals surface area contributed by atoms with Gasteiger partial charge >= 0.3 is 5.97 Å². The van der Waals surface area contributed by atoms with Gasteiger partial charge in [0, 0.05) is 23.5 Å². The van der Waals surface area contributed by atoms with Crippen LogP contribution in [0.25, 0.3) is 0 Å². The molecule has 2 aliphatic rings. The molecule has 7 nitrogen and oxygen atoms in total. The third kappa shape index (κ3) is 4.31. The Bertz CT molecular complexity index is 1090. The predicted molar refractivity (Wildman–Crippen MR) is 125 cm³/mol. The maximum atomic E-state index is 13.5. The van der Waals surface area contributed by atoms with Crippen LogP contribution in [0.4, 0.5) is 5.69 Å². The van der Waals surface area contributed by atoms with Gasteiger partial charge in [0.25, 0.3) is 5.91 Å². The van der Waals surface area contributed by atoms with Gasteiger partial charge in [-0.2, -0.15) is 0 Å². The summed E-state index contributed by atoms with van der Waals surface area (Å²) in [6.07, 6.45) is 2.09. The fourth-order valence-electron chi connectivity index (χ4n) is 3.90. The van der Waals surface area contributed by atoms with Crippen molar-refractivity contribution < 1.29 is 19.1 Å². The summed E-state index contributed by atoms with van der Waals surface area (Å²) < 4.78 is 10.0. The van der Waals surface area contributed by atoms with Crippen LogP contribution in [0.1, 0.15) is 41.7 Å². The Labute approximate surface area is 192 Å². The molecule has 1 heterocycles. The van der Waals surface area contributed by atoms with Gasteiger partial charge in [-0.3, -0.25) is 4.79 Å². The van der Waals surface area contributed by atoms with Crippen LogP contribution in [-0.2, 0) is 9.53 Å². The summed E-state index contributed by atoms with van der Waals surface area (Å²) >= 11 is 5.64. The largest absolute Gasteiger partial charge is 0.497 e. The summed E-state index contributed by atoms with van der Waals surface area (Å²) in [4.78, 5) is 27.3.